The van der Waals surface area contributed by atoms with Gasteiger partial charge < -0.3 is 44.3 Å². The summed E-state index contributed by atoms with van der Waals surface area (Å²) in [6.45, 7) is 7.42. The van der Waals surface area contributed by atoms with Gasteiger partial charge in [-0.1, -0.05) is 19.9 Å². The van der Waals surface area contributed by atoms with Gasteiger partial charge in [0.2, 0.25) is 18.6 Å². The van der Waals surface area contributed by atoms with Crippen LogP contribution in [-0.2, 0) is 19.1 Å². The molecule has 2 aliphatic heterocycles. The number of fused-ring (bicyclic) bond motifs is 2. The number of carboxylic acids is 1. The van der Waals surface area contributed by atoms with Crippen LogP contribution in [0.1, 0.15) is 52.4 Å². The van der Waals surface area contributed by atoms with Crippen LogP contribution in [0.5, 0.6) is 23.0 Å². The van der Waals surface area contributed by atoms with Crippen LogP contribution in [0.15, 0.2) is 55.1 Å². The zero-order valence-electron chi connectivity index (χ0n) is 30.0. The van der Waals surface area contributed by atoms with Gasteiger partial charge in [-0.25, -0.2) is 14.6 Å². The van der Waals surface area contributed by atoms with Crippen LogP contribution in [0.3, 0.4) is 0 Å². The quantitative estimate of drug-likeness (QED) is 0.218. The molecule has 3 aromatic rings. The number of amides is 3. The largest absolute Gasteiger partial charge is 0.497 e. The zero-order valence-corrected chi connectivity index (χ0v) is 30.0. The average molecular weight is 729 g/mol. The van der Waals surface area contributed by atoms with E-state index in [0.717, 1.165) is 31.2 Å². The molecule has 0 radical (unpaired) electrons. The molecule has 2 aliphatic carbocycles. The molecule has 4 aliphatic rings. The van der Waals surface area contributed by atoms with E-state index in [2.05, 4.69) is 17.2 Å². The second kappa shape index (κ2) is 14.5. The number of methoxy groups -OCH3 is 1. The van der Waals surface area contributed by atoms with Crippen molar-refractivity contribution in [2.45, 2.75) is 82.2 Å². The summed E-state index contributed by atoms with van der Waals surface area (Å²) in [6, 6.07) is 10.6. The summed E-state index contributed by atoms with van der Waals surface area (Å²) in [5, 5.41) is 16.2. The van der Waals surface area contributed by atoms with Crippen LogP contribution >= 0.6 is 0 Å². The van der Waals surface area contributed by atoms with E-state index in [4.69, 9.17) is 28.7 Å². The van der Waals surface area contributed by atoms with Crippen LogP contribution in [0, 0.1) is 11.8 Å². The number of carboxylic acid groups (broad SMARTS) is 1. The molecule has 0 unspecified atom stereocenters. The van der Waals surface area contributed by atoms with Gasteiger partial charge >= 0.3 is 12.1 Å². The van der Waals surface area contributed by atoms with Crippen LogP contribution in [0.25, 0.3) is 22.2 Å². The number of carbonyl (C=O) groups is 4. The molecule has 14 nitrogen and oxygen atoms in total. The molecule has 0 spiro atoms. The number of benzene rings is 2. The lowest BCUT2D eigenvalue weighted by Crippen LogP contribution is -2.57. The molecule has 2 saturated carbocycles. The Morgan fingerprint density at radius 2 is 1.83 bits per heavy atom. The third-order valence-electron chi connectivity index (χ3n) is 10.6. The van der Waals surface area contributed by atoms with Gasteiger partial charge in [0, 0.05) is 35.4 Å². The molecule has 3 amide bonds. The predicted molar refractivity (Wildman–Crippen MR) is 192 cm³/mol. The Morgan fingerprint density at radius 1 is 1.06 bits per heavy atom. The monoisotopic (exact) mass is 728 g/mol. The first-order valence-corrected chi connectivity index (χ1v) is 18.0. The third-order valence-corrected chi connectivity index (χ3v) is 10.6. The number of alkyl carbamates (subject to hydrolysis) is 1. The van der Waals surface area contributed by atoms with E-state index in [9.17, 15) is 24.3 Å². The van der Waals surface area contributed by atoms with Crippen molar-refractivity contribution in [1.82, 2.24) is 20.5 Å². The highest BCUT2D eigenvalue weighted by molar-refractivity contribution is 5.96. The lowest BCUT2D eigenvalue weighted by molar-refractivity contribution is -0.145. The maximum atomic E-state index is 14.4. The molecule has 5 atom stereocenters. The number of aliphatic carboxylic acids is 1. The van der Waals surface area contributed by atoms with Crippen molar-refractivity contribution < 1.29 is 48.0 Å². The first-order chi connectivity index (χ1) is 25.5. The van der Waals surface area contributed by atoms with Crippen molar-refractivity contribution >= 4 is 34.8 Å². The number of nitrogens with zero attached hydrogens (tertiary/aromatic N) is 2. The molecule has 3 heterocycles. The Bertz CT molecular complexity index is 1940. The molecule has 1 aromatic heterocycles. The van der Waals surface area contributed by atoms with Gasteiger partial charge in [-0.3, -0.25) is 9.59 Å². The Hall–Kier alpha value is -5.53. The fraction of sp³-hybridized carbons (Fsp3) is 0.462. The van der Waals surface area contributed by atoms with E-state index in [1.165, 1.54) is 11.0 Å². The standard InChI is InChI=1S/C39H44N4O10/c1-5-23-18-39(23,37(46)47)42-35(44)30-16-26(19-43(30)36(45)34(21(2)3)41-38(48)53-24-8-6-7-9-24)52-32-17-28(22-10-13-31-33(14-22)51-20-50-31)40-29-15-25(49-4)11-12-27(29)32/h5,10-15,17,21,23-24,26,30,34H,1,6-9,16,18-20H2,2-4H3,(H,41,48)(H,42,44)(H,46,47)/t23-,26-,30+,34+,39-/m1/s1. The third kappa shape index (κ3) is 7.14. The first-order valence-electron chi connectivity index (χ1n) is 18.0. The van der Waals surface area contributed by atoms with E-state index in [1.807, 2.05) is 24.3 Å². The Balaban J connectivity index is 1.19. The van der Waals surface area contributed by atoms with Crippen molar-refractivity contribution in [3.05, 3.63) is 55.1 Å². The summed E-state index contributed by atoms with van der Waals surface area (Å²) in [6.07, 6.45) is 3.65. The molecule has 280 valence electrons. The van der Waals surface area contributed by atoms with Crippen molar-refractivity contribution in [3.8, 4) is 34.3 Å². The first kappa shape index (κ1) is 35.9. The van der Waals surface area contributed by atoms with Crippen LogP contribution in [0.4, 0.5) is 4.79 Å². The number of aromatic nitrogens is 1. The summed E-state index contributed by atoms with van der Waals surface area (Å²) >= 11 is 0. The molecule has 3 N–H and O–H groups in total. The van der Waals surface area contributed by atoms with Crippen molar-refractivity contribution in [1.29, 1.82) is 0 Å². The Labute approximate surface area is 306 Å². The number of pyridine rings is 1. The predicted octanol–water partition coefficient (Wildman–Crippen LogP) is 4.83. The lowest BCUT2D eigenvalue weighted by atomic mass is 10.0. The lowest BCUT2D eigenvalue weighted by Gasteiger charge is -2.31. The summed E-state index contributed by atoms with van der Waals surface area (Å²) in [7, 11) is 1.57. The highest BCUT2D eigenvalue weighted by Crippen LogP contribution is 2.45. The van der Waals surface area contributed by atoms with Crippen LogP contribution < -0.4 is 29.6 Å². The molecule has 3 fully saturated rings. The van der Waals surface area contributed by atoms with Gasteiger partial charge in [0.15, 0.2) is 11.5 Å². The maximum Gasteiger partial charge on any atom is 0.408 e. The minimum atomic E-state index is -1.51. The van der Waals surface area contributed by atoms with Crippen LogP contribution in [-0.4, -0.2) is 89.1 Å². The second-order valence-corrected chi connectivity index (χ2v) is 14.4. The number of nitrogens with one attached hydrogen (secondary N) is 2. The number of hydrogen-bond acceptors (Lipinski definition) is 10. The van der Waals surface area contributed by atoms with Gasteiger partial charge in [-0.2, -0.15) is 0 Å². The SMILES string of the molecule is C=C[C@@H]1C[C@]1(NC(=O)[C@@H]1C[C@@H](Oc2cc(-c3ccc4c(c3)OCO4)nc3cc(OC)ccc23)CN1C(=O)[C@@H](NC(=O)OC1CCCC1)C(C)C)C(=O)O. The second-order valence-electron chi connectivity index (χ2n) is 14.4. The van der Waals surface area contributed by atoms with E-state index in [-0.39, 0.29) is 38.2 Å². The van der Waals surface area contributed by atoms with E-state index < -0.39 is 53.5 Å². The number of likely N-dealkylation sites (tertiary alicyclic amines) is 1. The molecule has 53 heavy (non-hydrogen) atoms. The minimum Gasteiger partial charge on any atom is -0.497 e. The highest BCUT2D eigenvalue weighted by Gasteiger charge is 2.61. The number of rotatable bonds is 12. The summed E-state index contributed by atoms with van der Waals surface area (Å²) in [5.74, 6) is -0.843. The van der Waals surface area contributed by atoms with Crippen molar-refractivity contribution in [2.24, 2.45) is 11.8 Å². The summed E-state index contributed by atoms with van der Waals surface area (Å²) in [4.78, 5) is 59.9. The fourth-order valence-electron chi connectivity index (χ4n) is 7.49. The topological polar surface area (TPSA) is 175 Å². The van der Waals surface area contributed by atoms with Crippen molar-refractivity contribution in [2.75, 3.05) is 20.4 Å². The Morgan fingerprint density at radius 3 is 2.53 bits per heavy atom. The zero-order chi connectivity index (χ0) is 37.4. The van der Waals surface area contributed by atoms with Crippen molar-refractivity contribution in [3.63, 3.8) is 0 Å². The fourth-order valence-corrected chi connectivity index (χ4v) is 7.49. The smallest absolute Gasteiger partial charge is 0.408 e. The van der Waals surface area contributed by atoms with E-state index >= 15 is 0 Å². The average Bonchev–Trinajstić information content (AvgIpc) is 3.56. The number of hydrogen-bond donors (Lipinski definition) is 3. The van der Waals surface area contributed by atoms with Gasteiger partial charge in [0.05, 0.1) is 24.9 Å². The Kier molecular flexibility index (Phi) is 9.79. The van der Waals surface area contributed by atoms with Gasteiger partial charge in [0.1, 0.15) is 41.3 Å². The van der Waals surface area contributed by atoms with Gasteiger partial charge in [-0.05, 0) is 68.4 Å². The summed E-state index contributed by atoms with van der Waals surface area (Å²) < 4.78 is 28.8. The molecular formula is C39H44N4O10. The molecule has 7 rings (SSSR count). The molecule has 14 heteroatoms. The van der Waals surface area contributed by atoms with Gasteiger partial charge in [-0.15, -0.1) is 6.58 Å². The molecule has 2 aromatic carbocycles. The molecule has 0 bridgehead atoms. The number of ether oxygens (including phenoxy) is 5. The van der Waals surface area contributed by atoms with Crippen LogP contribution in [0.2, 0.25) is 0 Å². The molecular weight excluding hydrogens is 684 g/mol. The maximum absolute atomic E-state index is 14.4. The minimum absolute atomic E-state index is 0.0101. The summed E-state index contributed by atoms with van der Waals surface area (Å²) in [5.41, 5.74) is 0.413. The van der Waals surface area contributed by atoms with E-state index in [1.54, 1.807) is 39.2 Å². The van der Waals surface area contributed by atoms with Gasteiger partial charge in [0.25, 0.3) is 0 Å². The van der Waals surface area contributed by atoms with E-state index in [0.29, 0.717) is 39.6 Å². The number of carbonyl (C=O) groups excluding carboxylic acids is 3. The normalized spacial score (nSPS) is 23.8. The highest BCUT2D eigenvalue weighted by atomic mass is 16.7. The molecule has 1 saturated heterocycles.